The van der Waals surface area contributed by atoms with E-state index in [9.17, 15) is 9.59 Å². The number of hydrogen-bond acceptors (Lipinski definition) is 5. The number of nitrogens with zero attached hydrogens (tertiary/aromatic N) is 1. The van der Waals surface area contributed by atoms with Crippen molar-refractivity contribution in [3.8, 4) is 0 Å². The van der Waals surface area contributed by atoms with E-state index in [1.165, 1.54) is 232 Å². The van der Waals surface area contributed by atoms with Crippen molar-refractivity contribution in [3.05, 3.63) is 0 Å². The van der Waals surface area contributed by atoms with Crippen LogP contribution >= 0.6 is 0 Å². The van der Waals surface area contributed by atoms with Crippen molar-refractivity contribution in [2.45, 2.75) is 279 Å². The first-order chi connectivity index (χ1) is 28.4. The molecule has 0 unspecified atom stereocenters. The molecule has 0 bridgehead atoms. The van der Waals surface area contributed by atoms with Gasteiger partial charge in [-0.1, -0.05) is 221 Å². The fourth-order valence-electron chi connectivity index (χ4n) is 8.92. The summed E-state index contributed by atoms with van der Waals surface area (Å²) in [6, 6.07) is 0. The molecule has 0 N–H and O–H groups in total. The minimum atomic E-state index is 0.0431. The third-order valence-corrected chi connectivity index (χ3v) is 13.1. The standard InChI is InChI=1S/C53H105NO4/c1-7-13-29-39-50(40-30-14-8-2)47-52(55)57-45-35-27-23-19-17-21-25-33-37-49(43-44-54(11-5)12-6)38-34-26-22-18-20-24-28-36-46-58-53(56)48-51(41-31-15-9-3)42-32-16-10-4/h49-51H,7-48H2,1-6H3. The summed E-state index contributed by atoms with van der Waals surface area (Å²) in [6.07, 6.45) is 45.9. The zero-order chi connectivity index (χ0) is 42.6. The molecule has 0 amide bonds. The summed E-state index contributed by atoms with van der Waals surface area (Å²) in [4.78, 5) is 27.6. The monoisotopic (exact) mass is 820 g/mol. The highest BCUT2D eigenvalue weighted by Gasteiger charge is 2.16. The van der Waals surface area contributed by atoms with Gasteiger partial charge in [-0.05, 0) is 82.3 Å². The van der Waals surface area contributed by atoms with Crippen LogP contribution in [0.15, 0.2) is 0 Å². The van der Waals surface area contributed by atoms with Crippen LogP contribution in [0.5, 0.6) is 0 Å². The minimum absolute atomic E-state index is 0.0431. The van der Waals surface area contributed by atoms with Crippen LogP contribution in [0.2, 0.25) is 0 Å². The van der Waals surface area contributed by atoms with Gasteiger partial charge in [-0.2, -0.15) is 0 Å². The topological polar surface area (TPSA) is 55.8 Å². The first-order valence-corrected chi connectivity index (χ1v) is 26.5. The molecule has 0 atom stereocenters. The van der Waals surface area contributed by atoms with Gasteiger partial charge in [0, 0.05) is 12.8 Å². The quantitative estimate of drug-likeness (QED) is 0.0452. The molecule has 0 aromatic carbocycles. The predicted octanol–water partition coefficient (Wildman–Crippen LogP) is 16.8. The maximum atomic E-state index is 12.5. The SMILES string of the molecule is CCCCCC(CCCCC)CC(=O)OCCCCCCCCCCC(CCCCCCCCCCOC(=O)CC(CCCCC)CCCCC)CCN(CC)CC. The normalized spacial score (nSPS) is 11.8. The van der Waals surface area contributed by atoms with Gasteiger partial charge in [0.2, 0.25) is 0 Å². The lowest BCUT2D eigenvalue weighted by Gasteiger charge is -2.23. The maximum absolute atomic E-state index is 12.5. The maximum Gasteiger partial charge on any atom is 0.306 e. The lowest BCUT2D eigenvalue weighted by molar-refractivity contribution is -0.146. The third kappa shape index (κ3) is 39.1. The summed E-state index contributed by atoms with van der Waals surface area (Å²) < 4.78 is 11.3. The molecule has 0 aromatic rings. The molecule has 0 aromatic heterocycles. The lowest BCUT2D eigenvalue weighted by atomic mass is 9.91. The Hall–Kier alpha value is -1.10. The molecule has 0 aliphatic rings. The highest BCUT2D eigenvalue weighted by atomic mass is 16.5. The molecule has 5 nitrogen and oxygen atoms in total. The second-order valence-corrected chi connectivity index (χ2v) is 18.5. The third-order valence-electron chi connectivity index (χ3n) is 13.1. The Morgan fingerprint density at radius 2 is 0.621 bits per heavy atom. The van der Waals surface area contributed by atoms with Crippen LogP contribution in [0.25, 0.3) is 0 Å². The Morgan fingerprint density at radius 1 is 0.345 bits per heavy atom. The van der Waals surface area contributed by atoms with Crippen LogP contribution in [-0.4, -0.2) is 49.7 Å². The van der Waals surface area contributed by atoms with Gasteiger partial charge >= 0.3 is 11.9 Å². The van der Waals surface area contributed by atoms with Gasteiger partial charge in [-0.3, -0.25) is 9.59 Å². The molecule has 58 heavy (non-hydrogen) atoms. The molecule has 0 aliphatic carbocycles. The summed E-state index contributed by atoms with van der Waals surface area (Å²) in [5.41, 5.74) is 0. The average Bonchev–Trinajstić information content (AvgIpc) is 3.22. The van der Waals surface area contributed by atoms with Crippen molar-refractivity contribution in [1.29, 1.82) is 0 Å². The first kappa shape index (κ1) is 56.9. The van der Waals surface area contributed by atoms with Gasteiger partial charge in [0.1, 0.15) is 0 Å². The number of carbonyl (C=O) groups excluding carboxylic acids is 2. The molecule has 0 heterocycles. The lowest BCUT2D eigenvalue weighted by Crippen LogP contribution is -2.25. The number of esters is 2. The molecule has 0 saturated heterocycles. The Bertz CT molecular complexity index is 764. The average molecular weight is 820 g/mol. The molecule has 346 valence electrons. The van der Waals surface area contributed by atoms with Crippen LogP contribution < -0.4 is 0 Å². The Kier molecular flexibility index (Phi) is 44.6. The van der Waals surface area contributed by atoms with E-state index in [1.807, 2.05) is 0 Å². The van der Waals surface area contributed by atoms with Gasteiger partial charge in [0.25, 0.3) is 0 Å². The highest BCUT2D eigenvalue weighted by molar-refractivity contribution is 5.70. The van der Waals surface area contributed by atoms with E-state index in [2.05, 4.69) is 46.4 Å². The molecular weight excluding hydrogens is 715 g/mol. The summed E-state index contributed by atoms with van der Waals surface area (Å²) in [7, 11) is 0. The summed E-state index contributed by atoms with van der Waals surface area (Å²) in [6.45, 7) is 18.5. The van der Waals surface area contributed by atoms with Gasteiger partial charge in [0.15, 0.2) is 0 Å². The summed E-state index contributed by atoms with van der Waals surface area (Å²) in [5.74, 6) is 2.02. The van der Waals surface area contributed by atoms with Gasteiger partial charge in [-0.15, -0.1) is 0 Å². The summed E-state index contributed by atoms with van der Waals surface area (Å²) in [5, 5.41) is 0. The largest absolute Gasteiger partial charge is 0.466 e. The molecule has 0 rings (SSSR count). The predicted molar refractivity (Wildman–Crippen MR) is 254 cm³/mol. The molecular formula is C53H105NO4. The van der Waals surface area contributed by atoms with E-state index in [-0.39, 0.29) is 11.9 Å². The second-order valence-electron chi connectivity index (χ2n) is 18.5. The van der Waals surface area contributed by atoms with E-state index in [0.29, 0.717) is 37.9 Å². The number of ether oxygens (including phenoxy) is 2. The van der Waals surface area contributed by atoms with Crippen LogP contribution in [0.1, 0.15) is 279 Å². The number of rotatable bonds is 47. The zero-order valence-corrected chi connectivity index (χ0v) is 40.5. The van der Waals surface area contributed by atoms with Crippen molar-refractivity contribution >= 4 is 11.9 Å². The van der Waals surface area contributed by atoms with E-state index < -0.39 is 0 Å². The van der Waals surface area contributed by atoms with Crippen molar-refractivity contribution in [3.63, 3.8) is 0 Å². The smallest absolute Gasteiger partial charge is 0.306 e. The first-order valence-electron chi connectivity index (χ1n) is 26.5. The fraction of sp³-hybridized carbons (Fsp3) is 0.962. The van der Waals surface area contributed by atoms with E-state index in [0.717, 1.165) is 18.8 Å². The second kappa shape index (κ2) is 45.4. The van der Waals surface area contributed by atoms with Gasteiger partial charge in [-0.25, -0.2) is 0 Å². The molecule has 0 saturated carbocycles. The minimum Gasteiger partial charge on any atom is -0.466 e. The Balaban J connectivity index is 4.07. The Labute approximate surface area is 364 Å². The van der Waals surface area contributed by atoms with E-state index in [4.69, 9.17) is 9.47 Å². The van der Waals surface area contributed by atoms with Crippen molar-refractivity contribution in [1.82, 2.24) is 4.90 Å². The molecule has 0 aliphatic heterocycles. The Morgan fingerprint density at radius 3 is 0.931 bits per heavy atom. The highest BCUT2D eigenvalue weighted by Crippen LogP contribution is 2.25. The van der Waals surface area contributed by atoms with Crippen molar-refractivity contribution in [2.24, 2.45) is 17.8 Å². The van der Waals surface area contributed by atoms with Crippen LogP contribution in [-0.2, 0) is 19.1 Å². The number of carbonyl (C=O) groups is 2. The summed E-state index contributed by atoms with van der Waals surface area (Å²) >= 11 is 0. The van der Waals surface area contributed by atoms with Crippen molar-refractivity contribution < 1.29 is 19.1 Å². The van der Waals surface area contributed by atoms with Gasteiger partial charge < -0.3 is 14.4 Å². The fourth-order valence-corrected chi connectivity index (χ4v) is 8.92. The van der Waals surface area contributed by atoms with Crippen LogP contribution in [0.4, 0.5) is 0 Å². The zero-order valence-electron chi connectivity index (χ0n) is 40.5. The molecule has 5 heteroatoms. The van der Waals surface area contributed by atoms with E-state index in [1.54, 1.807) is 0 Å². The van der Waals surface area contributed by atoms with Gasteiger partial charge in [0.05, 0.1) is 13.2 Å². The van der Waals surface area contributed by atoms with E-state index >= 15 is 0 Å². The van der Waals surface area contributed by atoms with Crippen LogP contribution in [0, 0.1) is 17.8 Å². The van der Waals surface area contributed by atoms with Crippen LogP contribution in [0.3, 0.4) is 0 Å². The molecule has 0 spiro atoms. The number of hydrogen-bond donors (Lipinski definition) is 0. The molecule has 0 fully saturated rings. The molecule has 0 radical (unpaired) electrons. The number of unbranched alkanes of at least 4 members (excludes halogenated alkanes) is 22. The van der Waals surface area contributed by atoms with Crippen molar-refractivity contribution in [2.75, 3.05) is 32.8 Å².